The van der Waals surface area contributed by atoms with Crippen molar-refractivity contribution < 1.29 is 9.72 Å². The van der Waals surface area contributed by atoms with E-state index in [1.807, 2.05) is 0 Å². The molecular weight excluding hydrogens is 270 g/mol. The molecule has 0 spiro atoms. The highest BCUT2D eigenvalue weighted by atomic mass is 16.6. The number of nitro benzene ring substituents is 1. The molecule has 114 valence electrons. The van der Waals surface area contributed by atoms with Gasteiger partial charge in [0.15, 0.2) is 0 Å². The second-order valence-electron chi connectivity index (χ2n) is 6.09. The normalized spacial score (nSPS) is 25.4. The predicted molar refractivity (Wildman–Crippen MR) is 81.0 cm³/mol. The van der Waals surface area contributed by atoms with Crippen LogP contribution in [-0.4, -0.2) is 16.4 Å². The summed E-state index contributed by atoms with van der Waals surface area (Å²) in [6.45, 7) is 3.84. The number of benzene rings is 1. The van der Waals surface area contributed by atoms with Gasteiger partial charge in [0.05, 0.1) is 10.5 Å². The van der Waals surface area contributed by atoms with Crippen molar-refractivity contribution in [3.05, 3.63) is 33.9 Å². The average Bonchev–Trinajstić information content (AvgIpc) is 2.40. The van der Waals surface area contributed by atoms with Gasteiger partial charge in [0, 0.05) is 6.07 Å². The molecule has 2 unspecified atom stereocenters. The highest BCUT2D eigenvalue weighted by molar-refractivity contribution is 5.99. The van der Waals surface area contributed by atoms with E-state index in [0.717, 1.165) is 18.4 Å². The summed E-state index contributed by atoms with van der Waals surface area (Å²) in [5, 5.41) is 13.7. The van der Waals surface area contributed by atoms with Crippen LogP contribution in [0.4, 0.5) is 11.4 Å². The summed E-state index contributed by atoms with van der Waals surface area (Å²) in [7, 11) is 0. The molecule has 0 bridgehead atoms. The standard InChI is InChI=1S/C15H21N3O3/c1-10-5-6-12(13(8-10)18(20)21)17-14(19)15(16)7-3-4-11(2)9-15/h5-6,8,11H,3-4,7,9,16H2,1-2H3,(H,17,19). The van der Waals surface area contributed by atoms with E-state index in [0.29, 0.717) is 18.8 Å². The smallest absolute Gasteiger partial charge is 0.293 e. The van der Waals surface area contributed by atoms with Crippen LogP contribution >= 0.6 is 0 Å². The Labute approximate surface area is 123 Å². The highest BCUT2D eigenvalue weighted by Crippen LogP contribution is 2.32. The maximum atomic E-state index is 12.4. The Morgan fingerprint density at radius 2 is 2.24 bits per heavy atom. The third-order valence-corrected chi connectivity index (χ3v) is 4.08. The number of rotatable bonds is 3. The van der Waals surface area contributed by atoms with E-state index in [-0.39, 0.29) is 17.3 Å². The largest absolute Gasteiger partial charge is 0.319 e. The number of aryl methyl sites for hydroxylation is 1. The lowest BCUT2D eigenvalue weighted by Gasteiger charge is -2.35. The van der Waals surface area contributed by atoms with Crippen LogP contribution in [0.3, 0.4) is 0 Å². The number of carbonyl (C=O) groups is 1. The number of carbonyl (C=O) groups excluding carboxylic acids is 1. The van der Waals surface area contributed by atoms with Crippen LogP contribution < -0.4 is 11.1 Å². The van der Waals surface area contributed by atoms with Crippen LogP contribution in [0.5, 0.6) is 0 Å². The SMILES string of the molecule is Cc1ccc(NC(=O)C2(N)CCCC(C)C2)c([N+](=O)[O-])c1. The molecule has 0 heterocycles. The fraction of sp³-hybridized carbons (Fsp3) is 0.533. The summed E-state index contributed by atoms with van der Waals surface area (Å²) in [5.41, 5.74) is 6.16. The van der Waals surface area contributed by atoms with Crippen LogP contribution in [0, 0.1) is 23.0 Å². The van der Waals surface area contributed by atoms with Gasteiger partial charge in [-0.15, -0.1) is 0 Å². The number of nitrogens with zero attached hydrogens (tertiary/aromatic N) is 1. The molecule has 1 saturated carbocycles. The first-order chi connectivity index (χ1) is 9.82. The fourth-order valence-electron chi connectivity index (χ4n) is 2.94. The Balaban J connectivity index is 2.21. The summed E-state index contributed by atoms with van der Waals surface area (Å²) in [4.78, 5) is 23.0. The fourth-order valence-corrected chi connectivity index (χ4v) is 2.94. The molecule has 21 heavy (non-hydrogen) atoms. The van der Waals surface area contributed by atoms with Gasteiger partial charge in [-0.2, -0.15) is 0 Å². The van der Waals surface area contributed by atoms with E-state index in [2.05, 4.69) is 12.2 Å². The minimum atomic E-state index is -0.934. The van der Waals surface area contributed by atoms with Crippen LogP contribution in [0.1, 0.15) is 38.2 Å². The molecule has 0 saturated heterocycles. The lowest BCUT2D eigenvalue weighted by atomic mass is 9.76. The van der Waals surface area contributed by atoms with Gasteiger partial charge >= 0.3 is 0 Å². The summed E-state index contributed by atoms with van der Waals surface area (Å²) < 4.78 is 0. The molecular formula is C15H21N3O3. The number of nitro groups is 1. The van der Waals surface area contributed by atoms with Gasteiger partial charge in [-0.25, -0.2) is 0 Å². The molecule has 1 aromatic rings. The Hall–Kier alpha value is -1.95. The predicted octanol–water partition coefficient (Wildman–Crippen LogP) is 2.75. The second kappa shape index (κ2) is 5.81. The second-order valence-corrected chi connectivity index (χ2v) is 6.09. The Bertz CT molecular complexity index is 573. The van der Waals surface area contributed by atoms with E-state index in [9.17, 15) is 14.9 Å². The van der Waals surface area contributed by atoms with Gasteiger partial charge in [0.2, 0.25) is 5.91 Å². The molecule has 6 heteroatoms. The van der Waals surface area contributed by atoms with Crippen molar-refractivity contribution in [2.75, 3.05) is 5.32 Å². The number of anilines is 1. The first-order valence-corrected chi connectivity index (χ1v) is 7.17. The molecule has 0 radical (unpaired) electrons. The summed E-state index contributed by atoms with van der Waals surface area (Å²) in [5.74, 6) is 0.0588. The summed E-state index contributed by atoms with van der Waals surface area (Å²) in [6, 6.07) is 4.73. The van der Waals surface area contributed by atoms with Crippen molar-refractivity contribution >= 4 is 17.3 Å². The third-order valence-electron chi connectivity index (χ3n) is 4.08. The van der Waals surface area contributed by atoms with Crippen LogP contribution in [-0.2, 0) is 4.79 Å². The van der Waals surface area contributed by atoms with Gasteiger partial charge < -0.3 is 11.1 Å². The van der Waals surface area contributed by atoms with Crippen molar-refractivity contribution in [1.29, 1.82) is 0 Å². The topological polar surface area (TPSA) is 98.3 Å². The van der Waals surface area contributed by atoms with Crippen molar-refractivity contribution in [3.8, 4) is 0 Å². The molecule has 1 aromatic carbocycles. The minimum absolute atomic E-state index is 0.101. The van der Waals surface area contributed by atoms with Crippen molar-refractivity contribution in [3.63, 3.8) is 0 Å². The molecule has 1 amide bonds. The quantitative estimate of drug-likeness (QED) is 0.660. The minimum Gasteiger partial charge on any atom is -0.319 e. The van der Waals surface area contributed by atoms with Crippen molar-refractivity contribution in [1.82, 2.24) is 0 Å². The first kappa shape index (κ1) is 15.4. The zero-order chi connectivity index (χ0) is 15.6. The molecule has 6 nitrogen and oxygen atoms in total. The highest BCUT2D eigenvalue weighted by Gasteiger charge is 2.38. The lowest BCUT2D eigenvalue weighted by Crippen LogP contribution is -2.53. The van der Waals surface area contributed by atoms with Gasteiger partial charge in [0.1, 0.15) is 5.69 Å². The number of amides is 1. The Morgan fingerprint density at radius 3 is 2.86 bits per heavy atom. The molecule has 2 atom stereocenters. The Kier molecular flexibility index (Phi) is 4.27. The van der Waals surface area contributed by atoms with E-state index < -0.39 is 10.5 Å². The maximum Gasteiger partial charge on any atom is 0.293 e. The molecule has 3 N–H and O–H groups in total. The van der Waals surface area contributed by atoms with Crippen LogP contribution in [0.2, 0.25) is 0 Å². The monoisotopic (exact) mass is 291 g/mol. The van der Waals surface area contributed by atoms with E-state index >= 15 is 0 Å². The molecule has 1 fully saturated rings. The van der Waals surface area contributed by atoms with E-state index in [1.165, 1.54) is 6.07 Å². The molecule has 2 rings (SSSR count). The molecule has 1 aliphatic carbocycles. The average molecular weight is 291 g/mol. The number of nitrogens with one attached hydrogen (secondary N) is 1. The zero-order valence-electron chi connectivity index (χ0n) is 12.4. The summed E-state index contributed by atoms with van der Waals surface area (Å²) in [6.07, 6.45) is 3.19. The Morgan fingerprint density at radius 1 is 1.52 bits per heavy atom. The molecule has 0 aliphatic heterocycles. The molecule has 0 aromatic heterocycles. The van der Waals surface area contributed by atoms with Crippen LogP contribution in [0.25, 0.3) is 0 Å². The van der Waals surface area contributed by atoms with E-state index in [1.54, 1.807) is 19.1 Å². The molecule has 1 aliphatic rings. The van der Waals surface area contributed by atoms with E-state index in [4.69, 9.17) is 5.73 Å². The van der Waals surface area contributed by atoms with Gasteiger partial charge in [-0.05, 0) is 37.3 Å². The first-order valence-electron chi connectivity index (χ1n) is 7.17. The van der Waals surface area contributed by atoms with Gasteiger partial charge in [-0.1, -0.05) is 25.8 Å². The maximum absolute atomic E-state index is 12.4. The lowest BCUT2D eigenvalue weighted by molar-refractivity contribution is -0.384. The number of hydrogen-bond acceptors (Lipinski definition) is 4. The van der Waals surface area contributed by atoms with Crippen molar-refractivity contribution in [2.45, 2.75) is 45.1 Å². The third kappa shape index (κ3) is 3.39. The zero-order valence-corrected chi connectivity index (χ0v) is 12.4. The van der Waals surface area contributed by atoms with Crippen molar-refractivity contribution in [2.24, 2.45) is 11.7 Å². The summed E-state index contributed by atoms with van der Waals surface area (Å²) >= 11 is 0. The van der Waals surface area contributed by atoms with Gasteiger partial charge in [-0.3, -0.25) is 14.9 Å². The number of hydrogen-bond donors (Lipinski definition) is 2. The van der Waals surface area contributed by atoms with Gasteiger partial charge in [0.25, 0.3) is 5.69 Å². The number of nitrogens with two attached hydrogens (primary N) is 1. The van der Waals surface area contributed by atoms with Crippen LogP contribution in [0.15, 0.2) is 18.2 Å².